The average Bonchev–Trinajstić information content (AvgIpc) is 3.01. The van der Waals surface area contributed by atoms with Gasteiger partial charge >= 0.3 is 0 Å². The summed E-state index contributed by atoms with van der Waals surface area (Å²) in [5.41, 5.74) is 5.21. The van der Waals surface area contributed by atoms with E-state index in [2.05, 4.69) is 23.5 Å². The SMILES string of the molecule is CCC(=O)N1CCc2cc(-c3ccc(C(=O)NC4CCCCCC4)cc3)ccc21. The average molecular weight is 391 g/mol. The number of carbonyl (C=O) groups is 2. The van der Waals surface area contributed by atoms with Crippen molar-refractivity contribution in [1.29, 1.82) is 0 Å². The van der Waals surface area contributed by atoms with E-state index in [9.17, 15) is 9.59 Å². The molecule has 1 aliphatic carbocycles. The maximum atomic E-state index is 12.6. The van der Waals surface area contributed by atoms with Crippen molar-refractivity contribution >= 4 is 17.5 Å². The van der Waals surface area contributed by atoms with Crippen molar-refractivity contribution in [2.75, 3.05) is 11.4 Å². The highest BCUT2D eigenvalue weighted by Crippen LogP contribution is 2.33. The van der Waals surface area contributed by atoms with Crippen LogP contribution in [0.1, 0.15) is 67.8 Å². The Balaban J connectivity index is 1.45. The molecular weight excluding hydrogens is 360 g/mol. The Morgan fingerprint density at radius 1 is 0.966 bits per heavy atom. The Kier molecular flexibility index (Phi) is 5.98. The predicted octanol–water partition coefficient (Wildman–Crippen LogP) is 5.11. The van der Waals surface area contributed by atoms with Crippen LogP contribution < -0.4 is 10.2 Å². The molecule has 0 radical (unpaired) electrons. The van der Waals surface area contributed by atoms with Crippen molar-refractivity contribution in [2.45, 2.75) is 64.3 Å². The number of amides is 2. The quantitative estimate of drug-likeness (QED) is 0.738. The van der Waals surface area contributed by atoms with E-state index in [1.807, 2.05) is 36.1 Å². The number of hydrogen-bond donors (Lipinski definition) is 1. The molecule has 1 N–H and O–H groups in total. The summed E-state index contributed by atoms with van der Waals surface area (Å²) in [7, 11) is 0. The number of fused-ring (bicyclic) bond motifs is 1. The van der Waals surface area contributed by atoms with Crippen LogP contribution in [0.25, 0.3) is 11.1 Å². The molecule has 0 saturated heterocycles. The zero-order chi connectivity index (χ0) is 20.2. The summed E-state index contributed by atoms with van der Waals surface area (Å²) >= 11 is 0. The lowest BCUT2D eigenvalue weighted by Crippen LogP contribution is -2.34. The van der Waals surface area contributed by atoms with Gasteiger partial charge in [0.15, 0.2) is 0 Å². The molecule has 0 aromatic heterocycles. The molecule has 1 saturated carbocycles. The van der Waals surface area contributed by atoms with E-state index >= 15 is 0 Å². The number of nitrogens with one attached hydrogen (secondary N) is 1. The van der Waals surface area contributed by atoms with E-state index in [1.54, 1.807) is 0 Å². The fourth-order valence-electron chi connectivity index (χ4n) is 4.54. The Morgan fingerprint density at radius 3 is 2.34 bits per heavy atom. The first-order chi connectivity index (χ1) is 14.2. The maximum absolute atomic E-state index is 12.6. The van der Waals surface area contributed by atoms with Crippen molar-refractivity contribution in [1.82, 2.24) is 5.32 Å². The zero-order valence-corrected chi connectivity index (χ0v) is 17.2. The lowest BCUT2D eigenvalue weighted by atomic mass is 10.00. The number of benzene rings is 2. The molecule has 4 nitrogen and oxygen atoms in total. The smallest absolute Gasteiger partial charge is 0.251 e. The van der Waals surface area contributed by atoms with E-state index < -0.39 is 0 Å². The monoisotopic (exact) mass is 390 g/mol. The van der Waals surface area contributed by atoms with Crippen LogP contribution in [0.5, 0.6) is 0 Å². The molecule has 2 amide bonds. The molecule has 2 aromatic carbocycles. The van der Waals surface area contributed by atoms with Crippen molar-refractivity contribution in [3.63, 3.8) is 0 Å². The van der Waals surface area contributed by atoms with Gasteiger partial charge in [-0.3, -0.25) is 9.59 Å². The summed E-state index contributed by atoms with van der Waals surface area (Å²) < 4.78 is 0. The molecule has 4 heteroatoms. The van der Waals surface area contributed by atoms with Crippen LogP contribution in [0.4, 0.5) is 5.69 Å². The molecule has 4 rings (SSSR count). The molecule has 0 bridgehead atoms. The third-order valence-electron chi connectivity index (χ3n) is 6.25. The molecule has 0 spiro atoms. The summed E-state index contributed by atoms with van der Waals surface area (Å²) in [5, 5.41) is 3.21. The third-order valence-corrected chi connectivity index (χ3v) is 6.25. The minimum atomic E-state index is 0.0334. The summed E-state index contributed by atoms with van der Waals surface area (Å²) in [6, 6.07) is 14.5. The lowest BCUT2D eigenvalue weighted by Gasteiger charge is -2.17. The van der Waals surface area contributed by atoms with Gasteiger partial charge in [-0.25, -0.2) is 0 Å². The van der Waals surface area contributed by atoms with E-state index in [0.29, 0.717) is 12.5 Å². The number of carbonyl (C=O) groups excluding carboxylic acids is 2. The van der Waals surface area contributed by atoms with E-state index in [4.69, 9.17) is 0 Å². The van der Waals surface area contributed by atoms with E-state index in [1.165, 1.54) is 31.2 Å². The van der Waals surface area contributed by atoms with E-state index in [0.717, 1.165) is 48.2 Å². The van der Waals surface area contributed by atoms with Gasteiger partial charge in [0, 0.05) is 30.3 Å². The minimum Gasteiger partial charge on any atom is -0.349 e. The Hall–Kier alpha value is -2.62. The largest absolute Gasteiger partial charge is 0.349 e. The number of anilines is 1. The van der Waals surface area contributed by atoms with Gasteiger partial charge in [0.25, 0.3) is 5.91 Å². The second kappa shape index (κ2) is 8.81. The molecule has 29 heavy (non-hydrogen) atoms. The molecule has 1 fully saturated rings. The molecule has 1 heterocycles. The second-order valence-corrected chi connectivity index (χ2v) is 8.23. The van der Waals surface area contributed by atoms with Crippen molar-refractivity contribution < 1.29 is 9.59 Å². The molecular formula is C25H30N2O2. The molecule has 152 valence electrons. The van der Waals surface area contributed by atoms with Crippen LogP contribution >= 0.6 is 0 Å². The fourth-order valence-corrected chi connectivity index (χ4v) is 4.54. The van der Waals surface area contributed by atoms with Crippen molar-refractivity contribution in [2.24, 2.45) is 0 Å². The van der Waals surface area contributed by atoms with Crippen molar-refractivity contribution in [3.05, 3.63) is 53.6 Å². The molecule has 0 atom stereocenters. The minimum absolute atomic E-state index is 0.0334. The fraction of sp³-hybridized carbons (Fsp3) is 0.440. The molecule has 2 aromatic rings. The van der Waals surface area contributed by atoms with Crippen LogP contribution in [0.15, 0.2) is 42.5 Å². The number of nitrogens with zero attached hydrogens (tertiary/aromatic N) is 1. The number of hydrogen-bond acceptors (Lipinski definition) is 2. The van der Waals surface area contributed by atoms with Gasteiger partial charge in [0.2, 0.25) is 5.91 Å². The van der Waals surface area contributed by atoms with Crippen LogP contribution in [0.3, 0.4) is 0 Å². The van der Waals surface area contributed by atoms with Gasteiger partial charge < -0.3 is 10.2 Å². The van der Waals surface area contributed by atoms with E-state index in [-0.39, 0.29) is 11.8 Å². The number of rotatable bonds is 4. The second-order valence-electron chi connectivity index (χ2n) is 8.23. The molecule has 2 aliphatic rings. The van der Waals surface area contributed by atoms with Gasteiger partial charge in [-0.05, 0) is 60.2 Å². The van der Waals surface area contributed by atoms with Gasteiger partial charge in [-0.15, -0.1) is 0 Å². The summed E-state index contributed by atoms with van der Waals surface area (Å²) in [5.74, 6) is 0.214. The standard InChI is InChI=1S/C25H30N2O2/c1-2-24(28)27-16-15-21-17-20(13-14-23(21)27)18-9-11-19(12-10-18)25(29)26-22-7-5-3-4-6-8-22/h9-14,17,22H,2-8,15-16H2,1H3,(H,26,29). The maximum Gasteiger partial charge on any atom is 0.251 e. The molecule has 0 unspecified atom stereocenters. The first-order valence-corrected chi connectivity index (χ1v) is 11.0. The lowest BCUT2D eigenvalue weighted by molar-refractivity contribution is -0.118. The van der Waals surface area contributed by atoms with Crippen LogP contribution in [0.2, 0.25) is 0 Å². The Bertz CT molecular complexity index is 880. The van der Waals surface area contributed by atoms with Crippen LogP contribution in [0, 0.1) is 0 Å². The normalized spacial score (nSPS) is 16.9. The zero-order valence-electron chi connectivity index (χ0n) is 17.2. The first-order valence-electron chi connectivity index (χ1n) is 11.0. The predicted molar refractivity (Wildman–Crippen MR) is 117 cm³/mol. The Labute approximate surface area is 173 Å². The summed E-state index contributed by atoms with van der Waals surface area (Å²) in [4.78, 5) is 26.6. The summed E-state index contributed by atoms with van der Waals surface area (Å²) in [6.07, 6.45) is 8.61. The highest BCUT2D eigenvalue weighted by atomic mass is 16.2. The van der Waals surface area contributed by atoms with Crippen LogP contribution in [-0.4, -0.2) is 24.4 Å². The Morgan fingerprint density at radius 2 is 1.66 bits per heavy atom. The summed E-state index contributed by atoms with van der Waals surface area (Å²) in [6.45, 7) is 2.67. The van der Waals surface area contributed by atoms with Gasteiger partial charge in [0.1, 0.15) is 0 Å². The molecule has 1 aliphatic heterocycles. The van der Waals surface area contributed by atoms with Gasteiger partial charge in [0.05, 0.1) is 0 Å². The van der Waals surface area contributed by atoms with Gasteiger partial charge in [-0.1, -0.05) is 50.8 Å². The third kappa shape index (κ3) is 4.36. The topological polar surface area (TPSA) is 49.4 Å². The van der Waals surface area contributed by atoms with Crippen LogP contribution in [-0.2, 0) is 11.2 Å². The highest BCUT2D eigenvalue weighted by molar-refractivity contribution is 5.96. The highest BCUT2D eigenvalue weighted by Gasteiger charge is 2.23. The first kappa shape index (κ1) is 19.7. The van der Waals surface area contributed by atoms with Crippen molar-refractivity contribution in [3.8, 4) is 11.1 Å². The van der Waals surface area contributed by atoms with Gasteiger partial charge in [-0.2, -0.15) is 0 Å².